The second-order valence-corrected chi connectivity index (χ2v) is 8.19. The Bertz CT molecular complexity index is 773. The summed E-state index contributed by atoms with van der Waals surface area (Å²) in [7, 11) is 0. The number of hydrogen-bond acceptors (Lipinski definition) is 4. The maximum atomic E-state index is 4.64. The van der Waals surface area contributed by atoms with Gasteiger partial charge in [0.05, 0.1) is 11.4 Å². The first-order valence-electron chi connectivity index (χ1n) is 7.46. The third-order valence-corrected chi connectivity index (χ3v) is 6.27. The van der Waals surface area contributed by atoms with Crippen molar-refractivity contribution in [1.29, 1.82) is 0 Å². The van der Waals surface area contributed by atoms with Gasteiger partial charge in [-0.25, -0.2) is 4.98 Å². The van der Waals surface area contributed by atoms with Gasteiger partial charge in [0.2, 0.25) is 0 Å². The van der Waals surface area contributed by atoms with Gasteiger partial charge in [0.1, 0.15) is 0 Å². The molecule has 1 N–H and O–H groups in total. The molecule has 0 spiro atoms. The number of nitrogens with zero attached hydrogens (tertiary/aromatic N) is 2. The molecule has 3 nitrogen and oxygen atoms in total. The number of fused-ring (bicyclic) bond motifs is 2. The fourth-order valence-corrected chi connectivity index (χ4v) is 5.22. The summed E-state index contributed by atoms with van der Waals surface area (Å²) in [5, 5.41) is 3.59. The number of imidazole rings is 1. The Kier molecular flexibility index (Phi) is 3.36. The molecule has 4 rings (SSSR count). The smallest absolute Gasteiger partial charge is 0.194 e. The van der Waals surface area contributed by atoms with Gasteiger partial charge in [-0.15, -0.1) is 22.7 Å². The van der Waals surface area contributed by atoms with Crippen LogP contribution in [0.3, 0.4) is 0 Å². The molecule has 3 aromatic heterocycles. The Balaban J connectivity index is 1.46. The van der Waals surface area contributed by atoms with E-state index in [2.05, 4.69) is 40.8 Å². The predicted molar refractivity (Wildman–Crippen MR) is 89.4 cm³/mol. The van der Waals surface area contributed by atoms with Crippen molar-refractivity contribution >= 4 is 27.6 Å². The molecule has 0 radical (unpaired) electrons. The molecule has 0 aromatic carbocycles. The lowest BCUT2D eigenvalue weighted by Gasteiger charge is -2.04. The van der Waals surface area contributed by atoms with Crippen LogP contribution in [-0.4, -0.2) is 9.38 Å². The number of aryl methyl sites for hydroxylation is 4. The van der Waals surface area contributed by atoms with E-state index in [0.717, 1.165) is 23.7 Å². The van der Waals surface area contributed by atoms with Crippen LogP contribution in [-0.2, 0) is 25.9 Å². The van der Waals surface area contributed by atoms with Gasteiger partial charge in [-0.05, 0) is 44.7 Å². The van der Waals surface area contributed by atoms with Gasteiger partial charge in [-0.1, -0.05) is 0 Å². The Morgan fingerprint density at radius 3 is 3.00 bits per heavy atom. The molecular formula is C16H19N3S2. The van der Waals surface area contributed by atoms with Crippen LogP contribution in [0.4, 0.5) is 0 Å². The standard InChI is InChI=1S/C16H19N3S2/c1-10-9-19-14(11(2)18-16(19)20-10)8-17-7-13-6-12-4-3-5-15(12)21-13/h6,9,17H,3-5,7-8H2,1-2H3. The molecule has 0 saturated carbocycles. The Hall–Kier alpha value is -1.17. The first-order valence-corrected chi connectivity index (χ1v) is 9.09. The SMILES string of the molecule is Cc1cn2c(CNCc3cc4c(s3)CCC4)c(C)nc2s1. The summed E-state index contributed by atoms with van der Waals surface area (Å²) in [6.07, 6.45) is 6.11. The quantitative estimate of drug-likeness (QED) is 0.792. The van der Waals surface area contributed by atoms with Gasteiger partial charge in [0.25, 0.3) is 0 Å². The van der Waals surface area contributed by atoms with Crippen LogP contribution in [0, 0.1) is 13.8 Å². The predicted octanol–water partition coefficient (Wildman–Crippen LogP) is 3.85. The van der Waals surface area contributed by atoms with Gasteiger partial charge in [-0.2, -0.15) is 0 Å². The van der Waals surface area contributed by atoms with Crippen LogP contribution in [0.5, 0.6) is 0 Å². The first-order chi connectivity index (χ1) is 10.2. The molecule has 5 heteroatoms. The molecule has 0 unspecified atom stereocenters. The van der Waals surface area contributed by atoms with Crippen molar-refractivity contribution in [3.8, 4) is 0 Å². The van der Waals surface area contributed by atoms with Crippen molar-refractivity contribution < 1.29 is 0 Å². The third-order valence-electron chi connectivity index (χ3n) is 4.13. The Labute approximate surface area is 132 Å². The molecule has 3 aromatic rings. The number of hydrogen-bond donors (Lipinski definition) is 1. The number of nitrogens with one attached hydrogen (secondary N) is 1. The van der Waals surface area contributed by atoms with Crippen LogP contribution in [0.25, 0.3) is 4.96 Å². The lowest BCUT2D eigenvalue weighted by molar-refractivity contribution is 0.678. The van der Waals surface area contributed by atoms with Gasteiger partial charge in [-0.3, -0.25) is 4.40 Å². The number of thiazole rings is 1. The normalized spacial score (nSPS) is 14.2. The molecule has 0 amide bonds. The van der Waals surface area contributed by atoms with Crippen molar-refractivity contribution in [2.75, 3.05) is 0 Å². The maximum absolute atomic E-state index is 4.64. The molecule has 0 atom stereocenters. The highest BCUT2D eigenvalue weighted by Crippen LogP contribution is 2.30. The molecule has 110 valence electrons. The van der Waals surface area contributed by atoms with E-state index in [9.17, 15) is 0 Å². The molecule has 0 bridgehead atoms. The highest BCUT2D eigenvalue weighted by atomic mass is 32.1. The van der Waals surface area contributed by atoms with E-state index in [-0.39, 0.29) is 0 Å². The van der Waals surface area contributed by atoms with Crippen LogP contribution >= 0.6 is 22.7 Å². The summed E-state index contributed by atoms with van der Waals surface area (Å²) in [4.78, 5) is 10.2. The van der Waals surface area contributed by atoms with E-state index >= 15 is 0 Å². The van der Waals surface area contributed by atoms with Gasteiger partial charge < -0.3 is 5.32 Å². The van der Waals surface area contributed by atoms with E-state index < -0.39 is 0 Å². The van der Waals surface area contributed by atoms with Gasteiger partial charge >= 0.3 is 0 Å². The van der Waals surface area contributed by atoms with Crippen molar-refractivity contribution in [3.63, 3.8) is 0 Å². The minimum absolute atomic E-state index is 0.881. The molecule has 0 aliphatic heterocycles. The summed E-state index contributed by atoms with van der Waals surface area (Å²) in [5.74, 6) is 0. The Morgan fingerprint density at radius 1 is 1.24 bits per heavy atom. The van der Waals surface area contributed by atoms with E-state index in [1.807, 2.05) is 11.3 Å². The zero-order valence-electron chi connectivity index (χ0n) is 12.4. The molecule has 21 heavy (non-hydrogen) atoms. The molecule has 3 heterocycles. The number of thiophene rings is 1. The fraction of sp³-hybridized carbons (Fsp3) is 0.438. The molecule has 1 aliphatic rings. The molecule has 0 saturated heterocycles. The minimum atomic E-state index is 0.881. The largest absolute Gasteiger partial charge is 0.306 e. The van der Waals surface area contributed by atoms with Crippen LogP contribution in [0.1, 0.15) is 38.0 Å². The first kappa shape index (κ1) is 13.5. The summed E-state index contributed by atoms with van der Waals surface area (Å²) in [5.41, 5.74) is 4.02. The summed E-state index contributed by atoms with van der Waals surface area (Å²) in [6.45, 7) is 6.09. The van der Waals surface area contributed by atoms with E-state index in [0.29, 0.717) is 0 Å². The van der Waals surface area contributed by atoms with Crippen LogP contribution < -0.4 is 5.32 Å². The van der Waals surface area contributed by atoms with Crippen LogP contribution in [0.2, 0.25) is 0 Å². The molecule has 1 aliphatic carbocycles. The average Bonchev–Trinajstić information content (AvgIpc) is 3.12. The minimum Gasteiger partial charge on any atom is -0.306 e. The number of aromatic nitrogens is 2. The van der Waals surface area contributed by atoms with E-state index in [4.69, 9.17) is 0 Å². The van der Waals surface area contributed by atoms with Crippen molar-refractivity contribution in [1.82, 2.24) is 14.7 Å². The van der Waals surface area contributed by atoms with Crippen molar-refractivity contribution in [3.05, 3.63) is 43.8 Å². The second-order valence-electron chi connectivity index (χ2n) is 5.76. The van der Waals surface area contributed by atoms with Crippen molar-refractivity contribution in [2.24, 2.45) is 0 Å². The van der Waals surface area contributed by atoms with Crippen molar-refractivity contribution in [2.45, 2.75) is 46.2 Å². The number of rotatable bonds is 4. The van der Waals surface area contributed by atoms with Gasteiger partial charge in [0, 0.05) is 33.9 Å². The van der Waals surface area contributed by atoms with Gasteiger partial charge in [0.15, 0.2) is 4.96 Å². The third kappa shape index (κ3) is 2.43. The highest BCUT2D eigenvalue weighted by Gasteiger charge is 2.15. The Morgan fingerprint density at radius 2 is 2.14 bits per heavy atom. The lowest BCUT2D eigenvalue weighted by Crippen LogP contribution is -2.14. The summed E-state index contributed by atoms with van der Waals surface area (Å²) in [6, 6.07) is 2.40. The topological polar surface area (TPSA) is 29.3 Å². The average molecular weight is 317 g/mol. The zero-order valence-corrected chi connectivity index (χ0v) is 14.0. The lowest BCUT2D eigenvalue weighted by atomic mass is 10.2. The van der Waals surface area contributed by atoms with E-state index in [1.165, 1.54) is 34.7 Å². The molecule has 0 fully saturated rings. The van der Waals surface area contributed by atoms with E-state index in [1.54, 1.807) is 21.8 Å². The van der Waals surface area contributed by atoms with Crippen LogP contribution in [0.15, 0.2) is 12.3 Å². The molecular weight excluding hydrogens is 298 g/mol. The monoisotopic (exact) mass is 317 g/mol. The second kappa shape index (κ2) is 5.23. The highest BCUT2D eigenvalue weighted by molar-refractivity contribution is 7.17. The summed E-state index contributed by atoms with van der Waals surface area (Å²) < 4.78 is 2.23. The maximum Gasteiger partial charge on any atom is 0.194 e. The zero-order chi connectivity index (χ0) is 14.4. The fourth-order valence-electron chi connectivity index (χ4n) is 3.10. The summed E-state index contributed by atoms with van der Waals surface area (Å²) >= 11 is 3.75.